The number of nitrogens with zero attached hydrogens (tertiary/aromatic N) is 1. The fraction of sp³-hybridized carbons (Fsp3) is 0.300. The van der Waals surface area contributed by atoms with Gasteiger partial charge in [0.1, 0.15) is 18.0 Å². The molecule has 1 saturated heterocycles. The second-order valence-electron chi connectivity index (χ2n) is 6.26. The van der Waals surface area contributed by atoms with Crippen LogP contribution in [0.4, 0.5) is 4.39 Å². The van der Waals surface area contributed by atoms with Crippen LogP contribution in [0.5, 0.6) is 0 Å². The predicted octanol–water partition coefficient (Wildman–Crippen LogP) is 2.54. The van der Waals surface area contributed by atoms with Gasteiger partial charge < -0.3 is 15.0 Å². The molecule has 0 saturated carbocycles. The van der Waals surface area contributed by atoms with E-state index in [1.807, 2.05) is 30.3 Å². The van der Waals surface area contributed by atoms with Crippen molar-refractivity contribution in [1.29, 1.82) is 0 Å². The van der Waals surface area contributed by atoms with Crippen molar-refractivity contribution in [2.45, 2.75) is 19.1 Å². The van der Waals surface area contributed by atoms with Gasteiger partial charge >= 0.3 is 0 Å². The number of benzene rings is 2. The molecule has 0 spiro atoms. The lowest BCUT2D eigenvalue weighted by Crippen LogP contribution is -2.51. The van der Waals surface area contributed by atoms with Crippen LogP contribution in [0.15, 0.2) is 54.6 Å². The van der Waals surface area contributed by atoms with E-state index in [0.717, 1.165) is 5.56 Å². The summed E-state index contributed by atoms with van der Waals surface area (Å²) in [7, 11) is 0. The van der Waals surface area contributed by atoms with Gasteiger partial charge in [-0.1, -0.05) is 30.3 Å². The van der Waals surface area contributed by atoms with Crippen LogP contribution in [-0.4, -0.2) is 42.5 Å². The second kappa shape index (κ2) is 8.10. The third-order valence-electron chi connectivity index (χ3n) is 4.37. The van der Waals surface area contributed by atoms with Crippen LogP contribution in [0.3, 0.4) is 0 Å². The highest BCUT2D eigenvalue weighted by Crippen LogP contribution is 2.22. The summed E-state index contributed by atoms with van der Waals surface area (Å²) in [5.74, 6) is -0.977. The van der Waals surface area contributed by atoms with E-state index >= 15 is 0 Å². The van der Waals surface area contributed by atoms with E-state index in [1.165, 1.54) is 24.3 Å². The maximum Gasteiger partial charge on any atom is 0.251 e. The number of rotatable bonds is 4. The first-order chi connectivity index (χ1) is 12.5. The molecule has 1 aliphatic rings. The van der Waals surface area contributed by atoms with E-state index in [2.05, 4.69) is 5.32 Å². The molecule has 2 amide bonds. The Morgan fingerprint density at radius 1 is 1.15 bits per heavy atom. The van der Waals surface area contributed by atoms with Crippen molar-refractivity contribution >= 4 is 11.8 Å². The normalized spacial score (nSPS) is 18.2. The monoisotopic (exact) mass is 356 g/mol. The van der Waals surface area contributed by atoms with Gasteiger partial charge in [-0.05, 0) is 36.8 Å². The van der Waals surface area contributed by atoms with E-state index in [-0.39, 0.29) is 12.0 Å². The minimum atomic E-state index is -0.679. The number of hydrogen-bond donors (Lipinski definition) is 1. The Morgan fingerprint density at radius 3 is 2.54 bits per heavy atom. The lowest BCUT2D eigenvalue weighted by Gasteiger charge is -2.34. The Morgan fingerprint density at radius 2 is 1.85 bits per heavy atom. The minimum absolute atomic E-state index is 0.162. The van der Waals surface area contributed by atoms with Crippen molar-refractivity contribution in [3.8, 4) is 0 Å². The lowest BCUT2D eigenvalue weighted by molar-refractivity contribution is -0.140. The maximum absolute atomic E-state index is 13.0. The zero-order valence-corrected chi connectivity index (χ0v) is 14.5. The number of morpholine rings is 1. The molecule has 5 nitrogen and oxygen atoms in total. The summed E-state index contributed by atoms with van der Waals surface area (Å²) < 4.78 is 18.7. The third-order valence-corrected chi connectivity index (χ3v) is 4.37. The SMILES string of the molecule is C[C@@H](NC(=O)c1ccc(F)cc1)C(=O)N1CCOC(c2ccccc2)C1. The first-order valence-corrected chi connectivity index (χ1v) is 8.56. The molecule has 136 valence electrons. The standard InChI is InChI=1S/C20H21FN2O3/c1-14(22-19(24)16-7-9-17(21)10-8-16)20(25)23-11-12-26-18(13-23)15-5-3-2-4-6-15/h2-10,14,18H,11-13H2,1H3,(H,22,24)/t14-,18?/m1/s1. The molecule has 0 aromatic heterocycles. The molecule has 26 heavy (non-hydrogen) atoms. The van der Waals surface area contributed by atoms with Crippen LogP contribution in [0, 0.1) is 5.82 Å². The third kappa shape index (κ3) is 4.26. The number of carbonyl (C=O) groups is 2. The van der Waals surface area contributed by atoms with E-state index in [9.17, 15) is 14.0 Å². The first kappa shape index (κ1) is 18.1. The number of carbonyl (C=O) groups excluding carboxylic acids is 2. The van der Waals surface area contributed by atoms with Crippen molar-refractivity contribution < 1.29 is 18.7 Å². The number of ether oxygens (including phenoxy) is 1. The summed E-state index contributed by atoms with van der Waals surface area (Å²) in [5, 5.41) is 2.67. The van der Waals surface area contributed by atoms with Gasteiger partial charge in [-0.2, -0.15) is 0 Å². The highest BCUT2D eigenvalue weighted by atomic mass is 19.1. The highest BCUT2D eigenvalue weighted by Gasteiger charge is 2.28. The molecule has 3 rings (SSSR count). The summed E-state index contributed by atoms with van der Waals surface area (Å²) in [5.41, 5.74) is 1.34. The molecule has 1 aliphatic heterocycles. The molecular weight excluding hydrogens is 335 g/mol. The van der Waals surface area contributed by atoms with Crippen molar-refractivity contribution in [1.82, 2.24) is 10.2 Å². The van der Waals surface area contributed by atoms with Gasteiger partial charge in [0.05, 0.1) is 13.2 Å². The molecule has 1 N–H and O–H groups in total. The molecule has 1 fully saturated rings. The molecule has 1 heterocycles. The molecular formula is C20H21FN2O3. The summed E-state index contributed by atoms with van der Waals surface area (Å²) in [6.45, 7) is 3.03. The van der Waals surface area contributed by atoms with E-state index < -0.39 is 17.8 Å². The Hall–Kier alpha value is -2.73. The summed E-state index contributed by atoms with van der Waals surface area (Å²) in [6.07, 6.45) is -0.172. The Kier molecular flexibility index (Phi) is 5.63. The van der Waals surface area contributed by atoms with Crippen molar-refractivity contribution in [3.63, 3.8) is 0 Å². The summed E-state index contributed by atoms with van der Waals surface area (Å²) in [4.78, 5) is 26.6. The molecule has 1 unspecified atom stereocenters. The highest BCUT2D eigenvalue weighted by molar-refractivity contribution is 5.97. The Bertz CT molecular complexity index is 764. The maximum atomic E-state index is 13.0. The average Bonchev–Trinajstić information content (AvgIpc) is 2.68. The number of halogens is 1. The van der Waals surface area contributed by atoms with Crippen LogP contribution in [-0.2, 0) is 9.53 Å². The first-order valence-electron chi connectivity index (χ1n) is 8.56. The topological polar surface area (TPSA) is 58.6 Å². The van der Waals surface area contributed by atoms with Crippen molar-refractivity contribution in [3.05, 3.63) is 71.5 Å². The van der Waals surface area contributed by atoms with Crippen LogP contribution < -0.4 is 5.32 Å². The van der Waals surface area contributed by atoms with Crippen molar-refractivity contribution in [2.75, 3.05) is 19.7 Å². The zero-order valence-electron chi connectivity index (χ0n) is 14.5. The minimum Gasteiger partial charge on any atom is -0.370 e. The summed E-state index contributed by atoms with van der Waals surface area (Å²) >= 11 is 0. The molecule has 0 radical (unpaired) electrons. The Balaban J connectivity index is 1.60. The van der Waals surface area contributed by atoms with Crippen LogP contribution >= 0.6 is 0 Å². The molecule has 0 aliphatic carbocycles. The van der Waals surface area contributed by atoms with Gasteiger partial charge in [0, 0.05) is 12.1 Å². The molecule has 6 heteroatoms. The van der Waals surface area contributed by atoms with Gasteiger partial charge in [-0.25, -0.2) is 4.39 Å². The lowest BCUT2D eigenvalue weighted by atomic mass is 10.1. The van der Waals surface area contributed by atoms with Crippen LogP contribution in [0.25, 0.3) is 0 Å². The van der Waals surface area contributed by atoms with Gasteiger partial charge in [0.25, 0.3) is 5.91 Å². The molecule has 2 aromatic rings. The van der Waals surface area contributed by atoms with Gasteiger partial charge in [-0.3, -0.25) is 9.59 Å². The number of hydrogen-bond acceptors (Lipinski definition) is 3. The van der Waals surface area contributed by atoms with Crippen molar-refractivity contribution in [2.24, 2.45) is 0 Å². The van der Waals surface area contributed by atoms with Gasteiger partial charge in [0.15, 0.2) is 0 Å². The molecule has 0 bridgehead atoms. The zero-order chi connectivity index (χ0) is 18.5. The quantitative estimate of drug-likeness (QED) is 0.916. The van der Waals surface area contributed by atoms with Crippen LogP contribution in [0.1, 0.15) is 28.9 Å². The number of nitrogens with one attached hydrogen (secondary N) is 1. The van der Waals surface area contributed by atoms with E-state index in [0.29, 0.717) is 25.3 Å². The number of amides is 2. The van der Waals surface area contributed by atoms with E-state index in [1.54, 1.807) is 11.8 Å². The fourth-order valence-electron chi connectivity index (χ4n) is 2.94. The fourth-order valence-corrected chi connectivity index (χ4v) is 2.94. The van der Waals surface area contributed by atoms with Crippen LogP contribution in [0.2, 0.25) is 0 Å². The summed E-state index contributed by atoms with van der Waals surface area (Å²) in [6, 6.07) is 14.3. The molecule has 2 aromatic carbocycles. The molecule has 2 atom stereocenters. The Labute approximate surface area is 151 Å². The van der Waals surface area contributed by atoms with Gasteiger partial charge in [0.2, 0.25) is 5.91 Å². The predicted molar refractivity (Wildman–Crippen MR) is 95.0 cm³/mol. The largest absolute Gasteiger partial charge is 0.370 e. The van der Waals surface area contributed by atoms with Gasteiger partial charge in [-0.15, -0.1) is 0 Å². The second-order valence-corrected chi connectivity index (χ2v) is 6.26. The average molecular weight is 356 g/mol. The van der Waals surface area contributed by atoms with E-state index in [4.69, 9.17) is 4.74 Å². The smallest absolute Gasteiger partial charge is 0.251 e.